The molecule has 0 aliphatic carbocycles. The summed E-state index contributed by atoms with van der Waals surface area (Å²) in [4.78, 5) is 21.3. The molecule has 100 valence electrons. The van der Waals surface area contributed by atoms with Gasteiger partial charge in [-0.3, -0.25) is 4.79 Å². The number of hydrogen-bond acceptors (Lipinski definition) is 4. The number of thiazole rings is 1. The molecule has 2 aromatic heterocycles. The first kappa shape index (κ1) is 12.4. The van der Waals surface area contributed by atoms with Crippen LogP contribution in [0.25, 0.3) is 11.3 Å². The van der Waals surface area contributed by atoms with Crippen molar-refractivity contribution in [1.82, 2.24) is 14.9 Å². The SMILES string of the molecule is Cc1nc(-c2c[nH]c(C(=O)N3CC[C@@H](O)C3)c2)cs1. The number of carbonyl (C=O) groups is 1. The number of H-pyrrole nitrogens is 1. The third-order valence-corrected chi connectivity index (χ3v) is 4.05. The molecule has 1 saturated heterocycles. The molecule has 19 heavy (non-hydrogen) atoms. The summed E-state index contributed by atoms with van der Waals surface area (Å²) in [5.74, 6) is -0.0604. The van der Waals surface area contributed by atoms with Crippen LogP contribution in [0.5, 0.6) is 0 Å². The smallest absolute Gasteiger partial charge is 0.270 e. The first-order chi connectivity index (χ1) is 9.13. The molecule has 0 spiro atoms. The third kappa shape index (κ3) is 2.41. The molecule has 1 amide bonds. The van der Waals surface area contributed by atoms with E-state index in [4.69, 9.17) is 0 Å². The van der Waals surface area contributed by atoms with E-state index in [-0.39, 0.29) is 12.0 Å². The molecule has 1 aliphatic rings. The lowest BCUT2D eigenvalue weighted by atomic mass is 10.2. The molecular weight excluding hydrogens is 262 g/mol. The van der Waals surface area contributed by atoms with Gasteiger partial charge < -0.3 is 15.0 Å². The molecule has 6 heteroatoms. The number of nitrogens with zero attached hydrogens (tertiary/aromatic N) is 2. The van der Waals surface area contributed by atoms with Crippen molar-refractivity contribution in [2.24, 2.45) is 0 Å². The summed E-state index contributed by atoms with van der Waals surface area (Å²) < 4.78 is 0. The zero-order valence-electron chi connectivity index (χ0n) is 10.6. The van der Waals surface area contributed by atoms with Crippen LogP contribution in [-0.2, 0) is 0 Å². The minimum Gasteiger partial charge on any atom is -0.391 e. The quantitative estimate of drug-likeness (QED) is 0.877. The lowest BCUT2D eigenvalue weighted by molar-refractivity contribution is 0.0760. The molecule has 3 heterocycles. The molecule has 0 radical (unpaired) electrons. The van der Waals surface area contributed by atoms with Crippen LogP contribution in [0, 0.1) is 6.92 Å². The van der Waals surface area contributed by atoms with Crippen LogP contribution >= 0.6 is 11.3 Å². The molecule has 1 atom stereocenters. The molecule has 1 aliphatic heterocycles. The number of aromatic amines is 1. The van der Waals surface area contributed by atoms with Gasteiger partial charge in [-0.15, -0.1) is 11.3 Å². The maximum absolute atomic E-state index is 12.2. The highest BCUT2D eigenvalue weighted by Gasteiger charge is 2.26. The second-order valence-electron chi connectivity index (χ2n) is 4.75. The summed E-state index contributed by atoms with van der Waals surface area (Å²) in [6.45, 7) is 2.99. The topological polar surface area (TPSA) is 69.2 Å². The van der Waals surface area contributed by atoms with Gasteiger partial charge in [-0.25, -0.2) is 4.98 Å². The van der Waals surface area contributed by atoms with Crippen molar-refractivity contribution >= 4 is 17.2 Å². The standard InChI is InChI=1S/C13H15N3O2S/c1-8-15-12(7-19-8)9-4-11(14-5-9)13(18)16-3-2-10(17)6-16/h4-5,7,10,14,17H,2-3,6H2,1H3/t10-/m1/s1. The van der Waals surface area contributed by atoms with Crippen LogP contribution in [0.2, 0.25) is 0 Å². The molecule has 3 rings (SSSR count). The van der Waals surface area contributed by atoms with Crippen molar-refractivity contribution in [2.75, 3.05) is 13.1 Å². The average Bonchev–Trinajstić information content (AvgIpc) is 3.07. The van der Waals surface area contributed by atoms with Gasteiger partial charge in [0.15, 0.2) is 0 Å². The fourth-order valence-electron chi connectivity index (χ4n) is 2.26. The molecule has 5 nitrogen and oxygen atoms in total. The van der Waals surface area contributed by atoms with E-state index in [0.717, 1.165) is 16.3 Å². The Balaban J connectivity index is 1.79. The van der Waals surface area contributed by atoms with E-state index in [2.05, 4.69) is 9.97 Å². The highest BCUT2D eigenvalue weighted by molar-refractivity contribution is 7.09. The highest BCUT2D eigenvalue weighted by atomic mass is 32.1. The molecular formula is C13H15N3O2S. The fraction of sp³-hybridized carbons (Fsp3) is 0.385. The number of aromatic nitrogens is 2. The second kappa shape index (κ2) is 4.79. The molecule has 0 saturated carbocycles. The lowest BCUT2D eigenvalue weighted by Gasteiger charge is -2.13. The maximum Gasteiger partial charge on any atom is 0.270 e. The first-order valence-corrected chi connectivity index (χ1v) is 7.09. The third-order valence-electron chi connectivity index (χ3n) is 3.28. The molecule has 1 fully saturated rings. The average molecular weight is 277 g/mol. The zero-order chi connectivity index (χ0) is 13.4. The molecule has 0 aromatic carbocycles. The van der Waals surface area contributed by atoms with E-state index in [0.29, 0.717) is 25.2 Å². The number of aliphatic hydroxyl groups is 1. The Bertz CT molecular complexity index is 605. The van der Waals surface area contributed by atoms with Gasteiger partial charge in [-0.2, -0.15) is 0 Å². The number of aliphatic hydroxyl groups excluding tert-OH is 1. The Morgan fingerprint density at radius 3 is 3.11 bits per heavy atom. The number of amides is 1. The maximum atomic E-state index is 12.2. The van der Waals surface area contributed by atoms with Gasteiger partial charge >= 0.3 is 0 Å². The van der Waals surface area contributed by atoms with Gasteiger partial charge in [0.2, 0.25) is 0 Å². The van der Waals surface area contributed by atoms with E-state index in [1.54, 1.807) is 22.4 Å². The van der Waals surface area contributed by atoms with Crippen LogP contribution in [0.1, 0.15) is 21.9 Å². The summed E-state index contributed by atoms with van der Waals surface area (Å²) in [5, 5.41) is 12.5. The Kier molecular flexibility index (Phi) is 3.12. The Morgan fingerprint density at radius 2 is 2.47 bits per heavy atom. The summed E-state index contributed by atoms with van der Waals surface area (Å²) in [7, 11) is 0. The van der Waals surface area contributed by atoms with Crippen molar-refractivity contribution in [3.8, 4) is 11.3 Å². The predicted octanol–water partition coefficient (Wildman–Crippen LogP) is 1.65. The Hall–Kier alpha value is -1.66. The van der Waals surface area contributed by atoms with Crippen LogP contribution in [0.4, 0.5) is 0 Å². The molecule has 2 aromatic rings. The van der Waals surface area contributed by atoms with E-state index in [1.165, 1.54) is 0 Å². The van der Waals surface area contributed by atoms with Gasteiger partial charge in [-0.05, 0) is 19.4 Å². The van der Waals surface area contributed by atoms with Crippen LogP contribution in [-0.4, -0.2) is 45.1 Å². The van der Waals surface area contributed by atoms with Gasteiger partial charge in [0.1, 0.15) is 5.69 Å². The van der Waals surface area contributed by atoms with Crippen LogP contribution in [0.15, 0.2) is 17.6 Å². The van der Waals surface area contributed by atoms with Crippen molar-refractivity contribution < 1.29 is 9.90 Å². The van der Waals surface area contributed by atoms with Crippen molar-refractivity contribution in [1.29, 1.82) is 0 Å². The Morgan fingerprint density at radius 1 is 1.63 bits per heavy atom. The van der Waals surface area contributed by atoms with Crippen LogP contribution in [0.3, 0.4) is 0 Å². The number of carbonyl (C=O) groups excluding carboxylic acids is 1. The lowest BCUT2D eigenvalue weighted by Crippen LogP contribution is -2.29. The number of rotatable bonds is 2. The summed E-state index contributed by atoms with van der Waals surface area (Å²) in [6, 6.07) is 1.82. The minimum absolute atomic E-state index is 0.0604. The highest BCUT2D eigenvalue weighted by Crippen LogP contribution is 2.23. The summed E-state index contributed by atoms with van der Waals surface area (Å²) in [5.41, 5.74) is 2.36. The van der Waals surface area contributed by atoms with Gasteiger partial charge in [0.25, 0.3) is 5.91 Å². The minimum atomic E-state index is -0.389. The van der Waals surface area contributed by atoms with E-state index in [9.17, 15) is 9.90 Å². The first-order valence-electron chi connectivity index (χ1n) is 6.22. The summed E-state index contributed by atoms with van der Waals surface area (Å²) >= 11 is 1.59. The van der Waals surface area contributed by atoms with Crippen molar-refractivity contribution in [3.63, 3.8) is 0 Å². The number of nitrogens with one attached hydrogen (secondary N) is 1. The van der Waals surface area contributed by atoms with Crippen molar-refractivity contribution in [3.05, 3.63) is 28.3 Å². The number of aryl methyl sites for hydroxylation is 1. The normalized spacial score (nSPS) is 19.1. The molecule has 0 bridgehead atoms. The van der Waals surface area contributed by atoms with Crippen LogP contribution < -0.4 is 0 Å². The molecule has 0 unspecified atom stereocenters. The van der Waals surface area contributed by atoms with Gasteiger partial charge in [-0.1, -0.05) is 0 Å². The summed E-state index contributed by atoms with van der Waals surface area (Å²) in [6.07, 6.45) is 2.07. The van der Waals surface area contributed by atoms with E-state index in [1.807, 2.05) is 18.4 Å². The Labute approximate surface area is 114 Å². The fourth-order valence-corrected chi connectivity index (χ4v) is 2.88. The number of likely N-dealkylation sites (tertiary alicyclic amines) is 1. The van der Waals surface area contributed by atoms with Crippen molar-refractivity contribution in [2.45, 2.75) is 19.4 Å². The van der Waals surface area contributed by atoms with Gasteiger partial charge in [0, 0.05) is 30.2 Å². The number of β-amino-alcohol motifs (C(OH)–C–C–N with tert-alkyl or cyclic N) is 1. The largest absolute Gasteiger partial charge is 0.391 e. The monoisotopic (exact) mass is 277 g/mol. The molecule has 2 N–H and O–H groups in total. The zero-order valence-corrected chi connectivity index (χ0v) is 11.4. The van der Waals surface area contributed by atoms with E-state index >= 15 is 0 Å². The van der Waals surface area contributed by atoms with Gasteiger partial charge in [0.05, 0.1) is 16.8 Å². The van der Waals surface area contributed by atoms with E-state index < -0.39 is 0 Å². The number of hydrogen-bond donors (Lipinski definition) is 2. The second-order valence-corrected chi connectivity index (χ2v) is 5.81. The predicted molar refractivity (Wildman–Crippen MR) is 73.2 cm³/mol.